The molecule has 0 aromatic carbocycles. The van der Waals surface area contributed by atoms with Crippen LogP contribution in [0.5, 0.6) is 0 Å². The zero-order valence-electron chi connectivity index (χ0n) is 9.77. The minimum absolute atomic E-state index is 0.0798. The predicted molar refractivity (Wildman–Crippen MR) is 54.2 cm³/mol. The average Bonchev–Trinajstić information content (AvgIpc) is 2.24. The topological polar surface area (TPSA) is 84.9 Å². The lowest BCUT2D eigenvalue weighted by atomic mass is 10.4. The maximum atomic E-state index is 11.5. The van der Waals surface area contributed by atoms with Gasteiger partial charge >= 0.3 is 18.0 Å². The molecule has 2 amide bonds. The highest BCUT2D eigenvalue weighted by Gasteiger charge is 2.28. The van der Waals surface area contributed by atoms with Gasteiger partial charge in [0.15, 0.2) is 0 Å². The monoisotopic (exact) mass is 232 g/mol. The molecule has 0 radical (unpaired) electrons. The maximum absolute atomic E-state index is 11.5. The van der Waals surface area contributed by atoms with Crippen LogP contribution in [-0.4, -0.2) is 42.7 Å². The summed E-state index contributed by atoms with van der Waals surface area (Å²) in [7, 11) is 1.34. The summed E-state index contributed by atoms with van der Waals surface area (Å²) in [4.78, 5) is 38.2. The number of nitrogens with zero attached hydrogens (tertiary/aromatic N) is 1. The second kappa shape index (κ2) is 6.65. The Morgan fingerprint density at radius 3 is 2.25 bits per heavy atom. The molecule has 0 aliphatic rings. The number of ether oxygens (including phenoxy) is 1. The number of esters is 1. The minimum Gasteiger partial charge on any atom is -0.459 e. The Hall–Kier alpha value is -1.79. The number of rotatable bonds is 2. The van der Waals surface area contributed by atoms with Crippen molar-refractivity contribution < 1.29 is 24.0 Å². The first-order chi connectivity index (χ1) is 7.43. The first-order valence-corrected chi connectivity index (χ1v) is 4.84. The van der Waals surface area contributed by atoms with Crippen LogP contribution in [0.25, 0.3) is 0 Å². The van der Waals surface area contributed by atoms with Gasteiger partial charge in [-0.25, -0.2) is 9.59 Å². The van der Waals surface area contributed by atoms with Gasteiger partial charge in [0.2, 0.25) is 0 Å². The minimum atomic E-state index is -1.06. The highest BCUT2D eigenvalue weighted by molar-refractivity contribution is 6.32. The van der Waals surface area contributed by atoms with Gasteiger partial charge < -0.3 is 14.9 Å². The van der Waals surface area contributed by atoms with E-state index in [4.69, 9.17) is 0 Å². The van der Waals surface area contributed by atoms with Crippen molar-refractivity contribution in [1.29, 1.82) is 0 Å². The Morgan fingerprint density at radius 2 is 1.88 bits per heavy atom. The van der Waals surface area contributed by atoms with Gasteiger partial charge in [0.25, 0.3) is 0 Å². The number of hydrogen-bond acceptors (Lipinski definition) is 5. The third kappa shape index (κ3) is 4.16. The summed E-state index contributed by atoms with van der Waals surface area (Å²) in [6.45, 7) is 4.85. The normalized spacial score (nSPS) is 9.56. The molecular weight excluding hydrogens is 216 g/mol. The largest absolute Gasteiger partial charge is 0.459 e. The lowest BCUT2D eigenvalue weighted by molar-refractivity contribution is -0.185. The van der Waals surface area contributed by atoms with Crippen LogP contribution in [0.15, 0.2) is 0 Å². The van der Waals surface area contributed by atoms with Gasteiger partial charge in [0, 0.05) is 7.05 Å². The van der Waals surface area contributed by atoms with Crippen molar-refractivity contribution in [2.45, 2.75) is 26.8 Å². The smallest absolute Gasteiger partial charge is 0.431 e. The number of carbonyl (C=O) groups is 3. The van der Waals surface area contributed by atoms with E-state index in [1.807, 2.05) is 0 Å². The molecule has 7 nitrogen and oxygen atoms in total. The molecule has 0 rings (SSSR count). The molecule has 92 valence electrons. The maximum Gasteiger partial charge on any atom is 0.431 e. The number of hydrogen-bond donors (Lipinski definition) is 1. The molecule has 1 N–H and O–H groups in total. The van der Waals surface area contributed by atoms with Crippen LogP contribution in [-0.2, 0) is 19.2 Å². The van der Waals surface area contributed by atoms with Crippen molar-refractivity contribution in [3.05, 3.63) is 0 Å². The zero-order valence-corrected chi connectivity index (χ0v) is 9.77. The Bertz CT molecular complexity index is 277. The molecule has 0 spiro atoms. The fourth-order valence-electron chi connectivity index (χ4n) is 0.799. The van der Waals surface area contributed by atoms with Crippen LogP contribution < -0.4 is 5.32 Å². The molecule has 0 saturated carbocycles. The summed E-state index contributed by atoms with van der Waals surface area (Å²) < 4.78 is 4.51. The molecular formula is C9H16N2O5. The molecule has 0 aliphatic carbocycles. The predicted octanol–water partition coefficient (Wildman–Crippen LogP) is 0.0575. The average molecular weight is 232 g/mol. The van der Waals surface area contributed by atoms with Crippen LogP contribution in [0.3, 0.4) is 0 Å². The Labute approximate surface area is 93.6 Å². The third-order valence-electron chi connectivity index (χ3n) is 1.50. The first-order valence-electron chi connectivity index (χ1n) is 4.84. The molecule has 0 aliphatic heterocycles. The number of carbonyl (C=O) groups excluding carboxylic acids is 3. The fraction of sp³-hybridized carbons (Fsp3) is 0.667. The summed E-state index contributed by atoms with van der Waals surface area (Å²) in [5.41, 5.74) is 0. The van der Waals surface area contributed by atoms with E-state index < -0.39 is 24.0 Å². The first kappa shape index (κ1) is 14.2. The SMILES string of the molecule is CCOC(=O)C(=O)N(OC(=O)NC)C(C)C. The van der Waals surface area contributed by atoms with E-state index in [1.165, 1.54) is 7.05 Å². The third-order valence-corrected chi connectivity index (χ3v) is 1.50. The molecule has 0 saturated heterocycles. The fourth-order valence-corrected chi connectivity index (χ4v) is 0.799. The molecule has 16 heavy (non-hydrogen) atoms. The van der Waals surface area contributed by atoms with Crippen molar-refractivity contribution in [3.8, 4) is 0 Å². The molecule has 0 aromatic rings. The molecule has 0 heterocycles. The van der Waals surface area contributed by atoms with E-state index in [0.29, 0.717) is 5.06 Å². The quantitative estimate of drug-likeness (QED) is 0.413. The van der Waals surface area contributed by atoms with Gasteiger partial charge in [-0.3, -0.25) is 4.79 Å². The highest BCUT2D eigenvalue weighted by atomic mass is 16.7. The summed E-state index contributed by atoms with van der Waals surface area (Å²) in [5.74, 6) is -2.07. The molecule has 0 atom stereocenters. The molecule has 7 heteroatoms. The summed E-state index contributed by atoms with van der Waals surface area (Å²) >= 11 is 0. The zero-order chi connectivity index (χ0) is 12.7. The van der Waals surface area contributed by atoms with Crippen LogP contribution in [0, 0.1) is 0 Å². The summed E-state index contributed by atoms with van der Waals surface area (Å²) in [6, 6.07) is -0.464. The van der Waals surface area contributed by atoms with Gasteiger partial charge in [-0.15, -0.1) is 0 Å². The van der Waals surface area contributed by atoms with Crippen LogP contribution in [0.1, 0.15) is 20.8 Å². The Kier molecular flexibility index (Phi) is 5.91. The van der Waals surface area contributed by atoms with Gasteiger partial charge in [-0.05, 0) is 20.8 Å². The highest BCUT2D eigenvalue weighted by Crippen LogP contribution is 2.02. The number of hydroxylamine groups is 2. The van der Waals surface area contributed by atoms with Gasteiger partial charge in [0.1, 0.15) is 0 Å². The van der Waals surface area contributed by atoms with Crippen molar-refractivity contribution in [2.24, 2.45) is 0 Å². The van der Waals surface area contributed by atoms with Gasteiger partial charge in [0.05, 0.1) is 12.6 Å². The van der Waals surface area contributed by atoms with Gasteiger partial charge in [-0.2, -0.15) is 5.06 Å². The molecule has 0 fully saturated rings. The van der Waals surface area contributed by atoms with Gasteiger partial charge in [-0.1, -0.05) is 0 Å². The van der Waals surface area contributed by atoms with E-state index in [0.717, 1.165) is 0 Å². The van der Waals surface area contributed by atoms with E-state index in [-0.39, 0.29) is 6.61 Å². The van der Waals surface area contributed by atoms with E-state index in [2.05, 4.69) is 14.9 Å². The van der Waals surface area contributed by atoms with Crippen LogP contribution in [0.4, 0.5) is 4.79 Å². The second-order valence-electron chi connectivity index (χ2n) is 3.07. The second-order valence-corrected chi connectivity index (χ2v) is 3.07. The standard InChI is InChI=1S/C9H16N2O5/c1-5-15-8(13)7(12)11(6(2)3)16-9(14)10-4/h6H,5H2,1-4H3,(H,10,14). The molecule has 0 aromatic heterocycles. The van der Waals surface area contributed by atoms with Crippen molar-refractivity contribution in [1.82, 2.24) is 10.4 Å². The molecule has 0 unspecified atom stereocenters. The van der Waals surface area contributed by atoms with E-state index >= 15 is 0 Å². The Morgan fingerprint density at radius 1 is 1.31 bits per heavy atom. The summed E-state index contributed by atoms with van der Waals surface area (Å²) in [5, 5.41) is 2.83. The van der Waals surface area contributed by atoms with Crippen molar-refractivity contribution in [3.63, 3.8) is 0 Å². The lowest BCUT2D eigenvalue weighted by Crippen LogP contribution is -2.45. The van der Waals surface area contributed by atoms with Crippen molar-refractivity contribution >= 4 is 18.0 Å². The van der Waals surface area contributed by atoms with E-state index in [1.54, 1.807) is 20.8 Å². The summed E-state index contributed by atoms with van der Waals surface area (Å²) in [6.07, 6.45) is -0.827. The number of amides is 2. The van der Waals surface area contributed by atoms with Crippen molar-refractivity contribution in [2.75, 3.05) is 13.7 Å². The van der Waals surface area contributed by atoms with Crippen LogP contribution >= 0.6 is 0 Å². The Balaban J connectivity index is 4.59. The van der Waals surface area contributed by atoms with E-state index in [9.17, 15) is 14.4 Å². The van der Waals surface area contributed by atoms with Crippen LogP contribution in [0.2, 0.25) is 0 Å². The lowest BCUT2D eigenvalue weighted by Gasteiger charge is -2.23. The number of nitrogens with one attached hydrogen (secondary N) is 1. The molecule has 0 bridgehead atoms.